The topological polar surface area (TPSA) is 76.1 Å². The summed E-state index contributed by atoms with van der Waals surface area (Å²) in [5.41, 5.74) is 2.93. The Balaban J connectivity index is 1.51. The molecule has 0 bridgehead atoms. The molecule has 3 aromatic rings. The lowest BCUT2D eigenvalue weighted by Crippen LogP contribution is -2.33. The van der Waals surface area contributed by atoms with Crippen molar-refractivity contribution >= 4 is 46.3 Å². The monoisotopic (exact) mass is 519 g/mol. The van der Waals surface area contributed by atoms with Crippen molar-refractivity contribution < 1.29 is 24.2 Å². The van der Waals surface area contributed by atoms with Gasteiger partial charge in [0, 0.05) is 5.56 Å². The van der Waals surface area contributed by atoms with E-state index in [0.717, 1.165) is 35.1 Å². The lowest BCUT2D eigenvalue weighted by Gasteiger charge is -2.13. The van der Waals surface area contributed by atoms with Gasteiger partial charge in [-0.1, -0.05) is 84.6 Å². The molecule has 0 saturated carbocycles. The van der Waals surface area contributed by atoms with Crippen LogP contribution in [0.25, 0.3) is 6.08 Å². The van der Waals surface area contributed by atoms with Crippen molar-refractivity contribution in [2.75, 3.05) is 13.2 Å². The first-order valence-electron chi connectivity index (χ1n) is 11.4. The van der Waals surface area contributed by atoms with Crippen LogP contribution in [0.15, 0.2) is 83.8 Å². The molecule has 184 valence electrons. The zero-order chi connectivity index (χ0) is 25.3. The average molecular weight is 520 g/mol. The second-order valence-electron chi connectivity index (χ2n) is 8.07. The molecule has 1 saturated heterocycles. The van der Waals surface area contributed by atoms with Crippen LogP contribution in [-0.4, -0.2) is 39.4 Å². The van der Waals surface area contributed by atoms with Crippen LogP contribution in [0.5, 0.6) is 11.5 Å². The number of nitrogens with zero attached hydrogens (tertiary/aromatic N) is 1. The molecule has 0 atom stereocenters. The van der Waals surface area contributed by atoms with Crippen LogP contribution in [-0.2, 0) is 22.6 Å². The molecule has 1 aliphatic heterocycles. The van der Waals surface area contributed by atoms with Gasteiger partial charge in [-0.25, -0.2) is 0 Å². The highest BCUT2D eigenvalue weighted by molar-refractivity contribution is 8.26. The first-order valence-corrected chi connectivity index (χ1v) is 12.7. The van der Waals surface area contributed by atoms with Gasteiger partial charge in [-0.05, 0) is 48.2 Å². The number of thiocarbonyl (C=S) groups is 1. The zero-order valence-corrected chi connectivity index (χ0v) is 21.1. The smallest absolute Gasteiger partial charge is 0.323 e. The Bertz CT molecular complexity index is 1260. The van der Waals surface area contributed by atoms with Gasteiger partial charge in [0.15, 0.2) is 0 Å². The fourth-order valence-electron chi connectivity index (χ4n) is 3.62. The van der Waals surface area contributed by atoms with Crippen LogP contribution in [0.4, 0.5) is 0 Å². The SMILES string of the molecule is O=C(O)CN1C(=O)/C(=C\c2cc(OCCCc3ccccc3)ccc2OCc2ccccc2)SC1=S. The summed E-state index contributed by atoms with van der Waals surface area (Å²) in [6, 6.07) is 25.5. The van der Waals surface area contributed by atoms with Gasteiger partial charge in [0.05, 0.1) is 11.5 Å². The molecule has 36 heavy (non-hydrogen) atoms. The fraction of sp³-hybridized carbons (Fsp3) is 0.179. The predicted molar refractivity (Wildman–Crippen MR) is 145 cm³/mol. The molecule has 0 aliphatic carbocycles. The van der Waals surface area contributed by atoms with E-state index in [1.165, 1.54) is 5.56 Å². The number of amides is 1. The van der Waals surface area contributed by atoms with Crippen molar-refractivity contribution in [3.8, 4) is 11.5 Å². The zero-order valence-electron chi connectivity index (χ0n) is 19.5. The van der Waals surface area contributed by atoms with E-state index >= 15 is 0 Å². The third kappa shape index (κ3) is 6.96. The minimum atomic E-state index is -1.12. The first-order chi connectivity index (χ1) is 17.5. The molecule has 0 radical (unpaired) electrons. The normalized spacial score (nSPS) is 14.3. The van der Waals surface area contributed by atoms with Gasteiger partial charge in [0.25, 0.3) is 5.91 Å². The maximum atomic E-state index is 12.8. The molecule has 6 nitrogen and oxygen atoms in total. The van der Waals surface area contributed by atoms with E-state index in [1.807, 2.05) is 66.7 Å². The molecule has 1 heterocycles. The van der Waals surface area contributed by atoms with E-state index in [9.17, 15) is 9.59 Å². The Kier molecular flexibility index (Phi) is 8.76. The van der Waals surface area contributed by atoms with Crippen molar-refractivity contribution in [2.45, 2.75) is 19.4 Å². The molecule has 4 rings (SSSR count). The number of aryl methyl sites for hydroxylation is 1. The number of carbonyl (C=O) groups is 2. The van der Waals surface area contributed by atoms with Crippen LogP contribution < -0.4 is 9.47 Å². The Morgan fingerprint density at radius 3 is 2.36 bits per heavy atom. The Hall–Kier alpha value is -3.62. The quantitative estimate of drug-likeness (QED) is 0.202. The van der Waals surface area contributed by atoms with E-state index in [0.29, 0.717) is 35.2 Å². The summed E-state index contributed by atoms with van der Waals surface area (Å²) in [4.78, 5) is 25.3. The van der Waals surface area contributed by atoms with Crippen LogP contribution in [0.3, 0.4) is 0 Å². The minimum Gasteiger partial charge on any atom is -0.494 e. The lowest BCUT2D eigenvalue weighted by molar-refractivity contribution is -0.140. The third-order valence-corrected chi connectivity index (χ3v) is 6.77. The van der Waals surface area contributed by atoms with Gasteiger partial charge >= 0.3 is 5.97 Å². The van der Waals surface area contributed by atoms with Crippen molar-refractivity contribution in [2.24, 2.45) is 0 Å². The van der Waals surface area contributed by atoms with Crippen LogP contribution in [0.2, 0.25) is 0 Å². The van der Waals surface area contributed by atoms with E-state index in [4.69, 9.17) is 26.8 Å². The number of carboxylic acid groups (broad SMARTS) is 1. The molecule has 3 aromatic carbocycles. The van der Waals surface area contributed by atoms with Gasteiger partial charge in [0.2, 0.25) is 0 Å². The highest BCUT2D eigenvalue weighted by Gasteiger charge is 2.33. The minimum absolute atomic E-state index is 0.216. The average Bonchev–Trinajstić information content (AvgIpc) is 3.14. The summed E-state index contributed by atoms with van der Waals surface area (Å²) in [7, 11) is 0. The predicted octanol–water partition coefficient (Wildman–Crippen LogP) is 5.56. The number of ether oxygens (including phenoxy) is 2. The number of thioether (sulfide) groups is 1. The molecule has 8 heteroatoms. The molecule has 0 spiro atoms. The number of rotatable bonds is 11. The summed E-state index contributed by atoms with van der Waals surface area (Å²) in [5, 5.41) is 9.10. The highest BCUT2D eigenvalue weighted by atomic mass is 32.2. The standard InChI is InChI=1S/C28H25NO5S2/c30-26(31)18-29-27(32)25(36-28(29)35)17-22-16-23(33-15-7-12-20-8-3-1-4-9-20)13-14-24(22)34-19-21-10-5-2-6-11-21/h1-6,8-11,13-14,16-17H,7,12,15,18-19H2,(H,30,31)/b25-17+. The first kappa shape index (κ1) is 25.5. The molecule has 0 unspecified atom stereocenters. The van der Waals surface area contributed by atoms with E-state index in [1.54, 1.807) is 6.08 Å². The fourth-order valence-corrected chi connectivity index (χ4v) is 4.87. The van der Waals surface area contributed by atoms with E-state index in [2.05, 4.69) is 12.1 Å². The van der Waals surface area contributed by atoms with Crippen molar-refractivity contribution in [3.63, 3.8) is 0 Å². The van der Waals surface area contributed by atoms with Crippen molar-refractivity contribution in [1.82, 2.24) is 4.90 Å². The van der Waals surface area contributed by atoms with Crippen molar-refractivity contribution in [3.05, 3.63) is 100 Å². The summed E-state index contributed by atoms with van der Waals surface area (Å²) < 4.78 is 12.3. The van der Waals surface area contributed by atoms with Gasteiger partial charge in [0.1, 0.15) is 29.0 Å². The number of hydrogen-bond donors (Lipinski definition) is 1. The maximum Gasteiger partial charge on any atom is 0.323 e. The third-order valence-electron chi connectivity index (χ3n) is 5.39. The van der Waals surface area contributed by atoms with E-state index < -0.39 is 18.4 Å². The largest absolute Gasteiger partial charge is 0.494 e. The lowest BCUT2D eigenvalue weighted by atomic mass is 10.1. The van der Waals surface area contributed by atoms with E-state index in [-0.39, 0.29) is 4.32 Å². The Morgan fingerprint density at radius 1 is 0.972 bits per heavy atom. The summed E-state index contributed by atoms with van der Waals surface area (Å²) in [6.07, 6.45) is 3.45. The number of aliphatic carboxylic acids is 1. The molecule has 1 N–H and O–H groups in total. The molecular formula is C28H25NO5S2. The summed E-state index contributed by atoms with van der Waals surface area (Å²) >= 11 is 6.30. The summed E-state index contributed by atoms with van der Waals surface area (Å²) in [6.45, 7) is 0.433. The van der Waals surface area contributed by atoms with Crippen LogP contribution >= 0.6 is 24.0 Å². The van der Waals surface area contributed by atoms with Gasteiger partial charge < -0.3 is 14.6 Å². The number of carbonyl (C=O) groups excluding carboxylic acids is 1. The Labute approximate surface area is 219 Å². The number of hydrogen-bond acceptors (Lipinski definition) is 6. The van der Waals surface area contributed by atoms with Crippen LogP contribution in [0, 0.1) is 0 Å². The van der Waals surface area contributed by atoms with Gasteiger partial charge in [-0.3, -0.25) is 14.5 Å². The van der Waals surface area contributed by atoms with Crippen molar-refractivity contribution in [1.29, 1.82) is 0 Å². The molecular weight excluding hydrogens is 494 g/mol. The highest BCUT2D eigenvalue weighted by Crippen LogP contribution is 2.35. The molecule has 0 aromatic heterocycles. The van der Waals surface area contributed by atoms with Gasteiger partial charge in [-0.2, -0.15) is 0 Å². The summed E-state index contributed by atoms with van der Waals surface area (Å²) in [5.74, 6) is -0.317. The number of benzene rings is 3. The second kappa shape index (κ2) is 12.4. The van der Waals surface area contributed by atoms with Crippen LogP contribution in [0.1, 0.15) is 23.1 Å². The number of carboxylic acids is 1. The molecule has 1 amide bonds. The van der Waals surface area contributed by atoms with Gasteiger partial charge in [-0.15, -0.1) is 0 Å². The maximum absolute atomic E-state index is 12.8. The molecule has 1 aliphatic rings. The molecule has 1 fully saturated rings. The Morgan fingerprint density at radius 2 is 1.67 bits per heavy atom. The second-order valence-corrected chi connectivity index (χ2v) is 9.75.